The maximum absolute atomic E-state index is 13.5. The topological polar surface area (TPSA) is 46.6 Å². The van der Waals surface area contributed by atoms with E-state index in [1.165, 1.54) is 9.87 Å². The summed E-state index contributed by atoms with van der Waals surface area (Å²) in [5.41, 5.74) is 2.31. The molecule has 2 saturated heterocycles. The van der Waals surface area contributed by atoms with Gasteiger partial charge in [-0.1, -0.05) is 6.07 Å². The van der Waals surface area contributed by atoms with E-state index in [0.717, 1.165) is 24.8 Å². The minimum Gasteiger partial charge on any atom is -0.365 e. The quantitative estimate of drug-likeness (QED) is 0.845. The second kappa shape index (κ2) is 5.22. The monoisotopic (exact) mass is 343 g/mol. The molecule has 1 aromatic carbocycles. The van der Waals surface area contributed by atoms with Crippen molar-refractivity contribution in [3.63, 3.8) is 0 Å². The average molecular weight is 343 g/mol. The standard InChI is InChI=1S/C16H19F2NO3S/c17-16(18)10-22-15(16)13-6-7-19(9-13)23(20,21)14-5-4-11-2-1-3-12(11)8-14/h4-5,8,13,15H,1-3,6-7,9-10H2. The maximum atomic E-state index is 13.5. The summed E-state index contributed by atoms with van der Waals surface area (Å²) in [6.07, 6.45) is 2.24. The first kappa shape index (κ1) is 15.5. The van der Waals surface area contributed by atoms with Crippen molar-refractivity contribution in [1.82, 2.24) is 4.31 Å². The van der Waals surface area contributed by atoms with Gasteiger partial charge in [0.25, 0.3) is 5.92 Å². The first-order valence-corrected chi connectivity index (χ1v) is 9.43. The molecule has 7 heteroatoms. The van der Waals surface area contributed by atoms with Crippen LogP contribution in [0.15, 0.2) is 23.1 Å². The van der Waals surface area contributed by atoms with Crippen LogP contribution in [0, 0.1) is 5.92 Å². The van der Waals surface area contributed by atoms with Crippen LogP contribution >= 0.6 is 0 Å². The molecule has 1 aromatic rings. The molecule has 0 saturated carbocycles. The number of sulfonamides is 1. The summed E-state index contributed by atoms with van der Waals surface area (Å²) in [5.74, 6) is -3.25. The van der Waals surface area contributed by atoms with Crippen LogP contribution in [-0.4, -0.2) is 44.4 Å². The molecule has 0 bridgehead atoms. The van der Waals surface area contributed by atoms with Crippen LogP contribution in [0.2, 0.25) is 0 Å². The Morgan fingerprint density at radius 2 is 2.00 bits per heavy atom. The molecule has 0 aromatic heterocycles. The molecular weight excluding hydrogens is 324 g/mol. The third-order valence-corrected chi connectivity index (χ3v) is 7.06. The highest BCUT2D eigenvalue weighted by Gasteiger charge is 2.55. The molecule has 2 aliphatic heterocycles. The van der Waals surface area contributed by atoms with Gasteiger partial charge in [0, 0.05) is 19.0 Å². The fourth-order valence-corrected chi connectivity index (χ4v) is 5.43. The van der Waals surface area contributed by atoms with Gasteiger partial charge in [-0.05, 0) is 48.9 Å². The van der Waals surface area contributed by atoms with E-state index >= 15 is 0 Å². The number of fused-ring (bicyclic) bond motifs is 1. The van der Waals surface area contributed by atoms with E-state index in [2.05, 4.69) is 0 Å². The molecule has 1 aliphatic carbocycles. The molecule has 0 N–H and O–H groups in total. The van der Waals surface area contributed by atoms with Gasteiger partial charge in [0.1, 0.15) is 12.7 Å². The van der Waals surface area contributed by atoms with Crippen LogP contribution in [0.4, 0.5) is 8.78 Å². The average Bonchev–Trinajstić information content (AvgIpc) is 3.14. The molecule has 126 valence electrons. The first-order chi connectivity index (χ1) is 10.9. The largest absolute Gasteiger partial charge is 0.365 e. The zero-order valence-corrected chi connectivity index (χ0v) is 13.5. The molecule has 0 radical (unpaired) electrons. The number of ether oxygens (including phenoxy) is 1. The van der Waals surface area contributed by atoms with Crippen molar-refractivity contribution in [2.45, 2.75) is 42.6 Å². The fraction of sp³-hybridized carbons (Fsp3) is 0.625. The van der Waals surface area contributed by atoms with E-state index in [1.807, 2.05) is 6.07 Å². The molecule has 4 rings (SSSR count). The van der Waals surface area contributed by atoms with Crippen LogP contribution in [0.5, 0.6) is 0 Å². The van der Waals surface area contributed by atoms with Gasteiger partial charge in [-0.25, -0.2) is 17.2 Å². The number of aryl methyl sites for hydroxylation is 2. The number of halogens is 2. The summed E-state index contributed by atoms with van der Waals surface area (Å²) < 4.78 is 58.8. The Kier molecular flexibility index (Phi) is 3.52. The lowest BCUT2D eigenvalue weighted by molar-refractivity contribution is -0.279. The van der Waals surface area contributed by atoms with Crippen molar-refractivity contribution in [1.29, 1.82) is 0 Å². The lowest BCUT2D eigenvalue weighted by atomic mass is 9.93. The maximum Gasteiger partial charge on any atom is 0.296 e. The summed E-state index contributed by atoms with van der Waals surface area (Å²) in [6.45, 7) is -0.161. The second-order valence-electron chi connectivity index (χ2n) is 6.69. The molecule has 3 aliphatic rings. The van der Waals surface area contributed by atoms with Crippen molar-refractivity contribution in [2.75, 3.05) is 19.7 Å². The number of benzene rings is 1. The van der Waals surface area contributed by atoms with E-state index in [0.29, 0.717) is 6.42 Å². The Morgan fingerprint density at radius 3 is 2.70 bits per heavy atom. The lowest BCUT2D eigenvalue weighted by Gasteiger charge is -2.39. The van der Waals surface area contributed by atoms with Gasteiger partial charge >= 0.3 is 0 Å². The predicted molar refractivity (Wildman–Crippen MR) is 80.0 cm³/mol. The minimum absolute atomic E-state index is 0.111. The number of nitrogens with zero attached hydrogens (tertiary/aromatic N) is 1. The molecule has 2 unspecified atom stereocenters. The zero-order chi connectivity index (χ0) is 16.2. The molecule has 2 atom stereocenters. The predicted octanol–water partition coefficient (Wildman–Crippen LogP) is 2.22. The van der Waals surface area contributed by atoms with Crippen LogP contribution in [0.3, 0.4) is 0 Å². The highest BCUT2D eigenvalue weighted by atomic mass is 32.2. The highest BCUT2D eigenvalue weighted by molar-refractivity contribution is 7.89. The normalized spacial score (nSPS) is 30.2. The number of alkyl halides is 2. The summed E-state index contributed by atoms with van der Waals surface area (Å²) >= 11 is 0. The smallest absolute Gasteiger partial charge is 0.296 e. The van der Waals surface area contributed by atoms with Gasteiger partial charge in [0.2, 0.25) is 10.0 Å². The summed E-state index contributed by atoms with van der Waals surface area (Å²) in [6, 6.07) is 5.27. The highest BCUT2D eigenvalue weighted by Crippen LogP contribution is 2.40. The van der Waals surface area contributed by atoms with Crippen LogP contribution in [0.1, 0.15) is 24.0 Å². The van der Waals surface area contributed by atoms with Crippen LogP contribution in [0.25, 0.3) is 0 Å². The molecule has 0 spiro atoms. The van der Waals surface area contributed by atoms with Crippen LogP contribution < -0.4 is 0 Å². The molecule has 23 heavy (non-hydrogen) atoms. The van der Waals surface area contributed by atoms with Gasteiger partial charge in [0.15, 0.2) is 0 Å². The van der Waals surface area contributed by atoms with Crippen molar-refractivity contribution < 1.29 is 21.9 Å². The number of hydrogen-bond donors (Lipinski definition) is 0. The molecule has 2 heterocycles. The van der Waals surface area contributed by atoms with Crippen LogP contribution in [-0.2, 0) is 27.6 Å². The van der Waals surface area contributed by atoms with E-state index in [4.69, 9.17) is 4.74 Å². The first-order valence-electron chi connectivity index (χ1n) is 7.99. The second-order valence-corrected chi connectivity index (χ2v) is 8.63. The van der Waals surface area contributed by atoms with E-state index in [1.54, 1.807) is 12.1 Å². The molecule has 2 fully saturated rings. The molecule has 4 nitrogen and oxygen atoms in total. The lowest BCUT2D eigenvalue weighted by Crippen LogP contribution is -2.56. The Morgan fingerprint density at radius 1 is 1.22 bits per heavy atom. The Labute approximate surface area is 134 Å². The van der Waals surface area contributed by atoms with Gasteiger partial charge in [-0.3, -0.25) is 0 Å². The van der Waals surface area contributed by atoms with E-state index in [9.17, 15) is 17.2 Å². The van der Waals surface area contributed by atoms with E-state index in [-0.39, 0.29) is 18.0 Å². The summed E-state index contributed by atoms with van der Waals surface area (Å²) in [7, 11) is -3.62. The van der Waals surface area contributed by atoms with Gasteiger partial charge in [-0.2, -0.15) is 4.31 Å². The Hall–Kier alpha value is -1.05. The number of hydrogen-bond acceptors (Lipinski definition) is 3. The van der Waals surface area contributed by atoms with Crippen molar-refractivity contribution in [2.24, 2.45) is 5.92 Å². The Bertz CT molecular complexity index is 735. The Balaban J connectivity index is 1.53. The third kappa shape index (κ3) is 2.49. The van der Waals surface area contributed by atoms with Crippen molar-refractivity contribution in [3.8, 4) is 0 Å². The van der Waals surface area contributed by atoms with Crippen molar-refractivity contribution >= 4 is 10.0 Å². The fourth-order valence-electron chi connectivity index (χ4n) is 3.86. The van der Waals surface area contributed by atoms with Gasteiger partial charge in [0.05, 0.1) is 4.90 Å². The minimum atomic E-state index is -3.62. The SMILES string of the molecule is O=S(=O)(c1ccc2c(c1)CCC2)N1CCC(C2OCC2(F)F)C1. The molecule has 0 amide bonds. The zero-order valence-electron chi connectivity index (χ0n) is 12.7. The van der Waals surface area contributed by atoms with Gasteiger partial charge < -0.3 is 4.74 Å². The summed E-state index contributed by atoms with van der Waals surface area (Å²) in [4.78, 5) is 0.278. The van der Waals surface area contributed by atoms with E-state index < -0.39 is 34.6 Å². The summed E-state index contributed by atoms with van der Waals surface area (Å²) in [5, 5.41) is 0. The van der Waals surface area contributed by atoms with Crippen molar-refractivity contribution in [3.05, 3.63) is 29.3 Å². The number of rotatable bonds is 3. The third-order valence-electron chi connectivity index (χ3n) is 5.19. The van der Waals surface area contributed by atoms with Gasteiger partial charge in [-0.15, -0.1) is 0 Å². The molecular formula is C16H19F2NO3S.